The normalized spacial score (nSPS) is 10.4. The van der Waals surface area contributed by atoms with E-state index in [1.165, 1.54) is 11.1 Å². The number of anilines is 1. The zero-order valence-electron chi connectivity index (χ0n) is 12.2. The first-order chi connectivity index (χ1) is 9.04. The maximum atomic E-state index is 5.37. The number of nitrogens with zero attached hydrogens (tertiary/aromatic N) is 2. The first-order valence-corrected chi connectivity index (χ1v) is 6.32. The number of aryl methyl sites for hydroxylation is 2. The van der Waals surface area contributed by atoms with Crippen LogP contribution in [0.25, 0.3) is 11.1 Å². The molecule has 0 saturated heterocycles. The Hall–Kier alpha value is -2.03. The second-order valence-electron chi connectivity index (χ2n) is 4.91. The number of pyridine rings is 1. The molecule has 3 heteroatoms. The van der Waals surface area contributed by atoms with E-state index < -0.39 is 0 Å². The number of hydrogen-bond donors (Lipinski definition) is 0. The summed E-state index contributed by atoms with van der Waals surface area (Å²) in [5, 5.41) is 0. The van der Waals surface area contributed by atoms with E-state index in [1.807, 2.05) is 31.3 Å². The molecule has 0 aliphatic rings. The lowest BCUT2D eigenvalue weighted by Gasteiger charge is -2.18. The standard InChI is InChI=1S/C16H20N2O/c1-11-10-15(19-5)12(2)9-14(11)13-7-6-8-17-16(13)18(3)4/h6-10H,1-5H3. The third-order valence-corrected chi connectivity index (χ3v) is 3.24. The van der Waals surface area contributed by atoms with Crippen molar-refractivity contribution in [3.8, 4) is 16.9 Å². The summed E-state index contributed by atoms with van der Waals surface area (Å²) in [5.41, 5.74) is 4.68. The summed E-state index contributed by atoms with van der Waals surface area (Å²) in [7, 11) is 5.73. The average Bonchev–Trinajstić information content (AvgIpc) is 2.40. The summed E-state index contributed by atoms with van der Waals surface area (Å²) in [6.07, 6.45) is 1.82. The van der Waals surface area contributed by atoms with Crippen LogP contribution in [0.1, 0.15) is 11.1 Å². The van der Waals surface area contributed by atoms with Crippen LogP contribution in [0.4, 0.5) is 5.82 Å². The van der Waals surface area contributed by atoms with E-state index in [0.717, 1.165) is 22.7 Å². The van der Waals surface area contributed by atoms with Gasteiger partial charge in [-0.05, 0) is 54.8 Å². The lowest BCUT2D eigenvalue weighted by atomic mass is 9.98. The van der Waals surface area contributed by atoms with Gasteiger partial charge in [-0.1, -0.05) is 0 Å². The Kier molecular flexibility index (Phi) is 3.74. The van der Waals surface area contributed by atoms with Crippen molar-refractivity contribution in [2.45, 2.75) is 13.8 Å². The van der Waals surface area contributed by atoms with Crippen LogP contribution in [0.2, 0.25) is 0 Å². The van der Waals surface area contributed by atoms with Crippen molar-refractivity contribution >= 4 is 5.82 Å². The molecule has 0 radical (unpaired) electrons. The zero-order valence-corrected chi connectivity index (χ0v) is 12.2. The van der Waals surface area contributed by atoms with Crippen LogP contribution in [-0.4, -0.2) is 26.2 Å². The number of hydrogen-bond acceptors (Lipinski definition) is 3. The fourth-order valence-electron chi connectivity index (χ4n) is 2.26. The maximum Gasteiger partial charge on any atom is 0.135 e. The predicted octanol–water partition coefficient (Wildman–Crippen LogP) is 3.44. The second-order valence-corrected chi connectivity index (χ2v) is 4.91. The third-order valence-electron chi connectivity index (χ3n) is 3.24. The molecule has 19 heavy (non-hydrogen) atoms. The van der Waals surface area contributed by atoms with Crippen molar-refractivity contribution in [1.82, 2.24) is 4.98 Å². The van der Waals surface area contributed by atoms with Gasteiger partial charge in [0.25, 0.3) is 0 Å². The number of ether oxygens (including phenoxy) is 1. The van der Waals surface area contributed by atoms with Crippen molar-refractivity contribution in [3.63, 3.8) is 0 Å². The molecule has 2 rings (SSSR count). The summed E-state index contributed by atoms with van der Waals surface area (Å²) in [6, 6.07) is 8.33. The van der Waals surface area contributed by atoms with Gasteiger partial charge in [0.2, 0.25) is 0 Å². The van der Waals surface area contributed by atoms with Crippen LogP contribution < -0.4 is 9.64 Å². The minimum atomic E-state index is 0.927. The van der Waals surface area contributed by atoms with E-state index >= 15 is 0 Å². The molecule has 3 nitrogen and oxygen atoms in total. The highest BCUT2D eigenvalue weighted by molar-refractivity contribution is 5.78. The molecular formula is C16H20N2O. The van der Waals surface area contributed by atoms with Gasteiger partial charge in [0, 0.05) is 25.9 Å². The van der Waals surface area contributed by atoms with Gasteiger partial charge in [0.05, 0.1) is 7.11 Å². The minimum absolute atomic E-state index is 0.927. The van der Waals surface area contributed by atoms with Crippen LogP contribution in [0, 0.1) is 13.8 Å². The van der Waals surface area contributed by atoms with Crippen molar-refractivity contribution in [1.29, 1.82) is 0 Å². The molecule has 100 valence electrons. The largest absolute Gasteiger partial charge is 0.496 e. The third kappa shape index (κ3) is 2.55. The Bertz CT molecular complexity index is 591. The average molecular weight is 256 g/mol. The van der Waals surface area contributed by atoms with Crippen LogP contribution >= 0.6 is 0 Å². The van der Waals surface area contributed by atoms with Crippen LogP contribution in [0.3, 0.4) is 0 Å². The maximum absolute atomic E-state index is 5.37. The van der Waals surface area contributed by atoms with E-state index in [4.69, 9.17) is 4.74 Å². The second kappa shape index (κ2) is 5.31. The molecule has 0 amide bonds. The summed E-state index contributed by atoms with van der Waals surface area (Å²) in [6.45, 7) is 4.16. The SMILES string of the molecule is COc1cc(C)c(-c2cccnc2N(C)C)cc1C. The lowest BCUT2D eigenvalue weighted by Crippen LogP contribution is -2.12. The Morgan fingerprint density at radius 3 is 2.42 bits per heavy atom. The summed E-state index contributed by atoms with van der Waals surface area (Å²) in [5.74, 6) is 1.91. The van der Waals surface area contributed by atoms with Gasteiger partial charge in [-0.25, -0.2) is 4.98 Å². The molecule has 0 N–H and O–H groups in total. The molecule has 1 aromatic heterocycles. The van der Waals surface area contributed by atoms with Crippen molar-refractivity contribution in [2.24, 2.45) is 0 Å². The molecule has 1 aromatic carbocycles. The quantitative estimate of drug-likeness (QED) is 0.841. The van der Waals surface area contributed by atoms with Gasteiger partial charge in [-0.3, -0.25) is 0 Å². The highest BCUT2D eigenvalue weighted by Gasteiger charge is 2.12. The van der Waals surface area contributed by atoms with E-state index in [1.54, 1.807) is 7.11 Å². The first-order valence-electron chi connectivity index (χ1n) is 6.32. The molecule has 0 atom stereocenters. The lowest BCUT2D eigenvalue weighted by molar-refractivity contribution is 0.411. The molecule has 0 unspecified atom stereocenters. The van der Waals surface area contributed by atoms with Gasteiger partial charge in [-0.15, -0.1) is 0 Å². The van der Waals surface area contributed by atoms with Gasteiger partial charge >= 0.3 is 0 Å². The molecule has 0 fully saturated rings. The summed E-state index contributed by atoms with van der Waals surface area (Å²) < 4.78 is 5.37. The molecule has 0 aliphatic heterocycles. The van der Waals surface area contributed by atoms with Crippen molar-refractivity contribution < 1.29 is 4.74 Å². The molecule has 0 spiro atoms. The van der Waals surface area contributed by atoms with Crippen LogP contribution in [-0.2, 0) is 0 Å². The highest BCUT2D eigenvalue weighted by atomic mass is 16.5. The zero-order chi connectivity index (χ0) is 14.0. The summed E-state index contributed by atoms with van der Waals surface area (Å²) >= 11 is 0. The van der Waals surface area contributed by atoms with E-state index in [0.29, 0.717) is 0 Å². The Morgan fingerprint density at radius 2 is 1.79 bits per heavy atom. The molecule has 2 aromatic rings. The fourth-order valence-corrected chi connectivity index (χ4v) is 2.26. The van der Waals surface area contributed by atoms with Crippen LogP contribution in [0.5, 0.6) is 5.75 Å². The first kappa shape index (κ1) is 13.4. The minimum Gasteiger partial charge on any atom is -0.496 e. The molecule has 0 saturated carbocycles. The monoisotopic (exact) mass is 256 g/mol. The van der Waals surface area contributed by atoms with Gasteiger partial charge in [0.1, 0.15) is 11.6 Å². The highest BCUT2D eigenvalue weighted by Crippen LogP contribution is 2.34. The smallest absolute Gasteiger partial charge is 0.135 e. The fraction of sp³-hybridized carbons (Fsp3) is 0.312. The molecule has 1 heterocycles. The van der Waals surface area contributed by atoms with Gasteiger partial charge in [-0.2, -0.15) is 0 Å². The Morgan fingerprint density at radius 1 is 1.05 bits per heavy atom. The number of rotatable bonds is 3. The van der Waals surface area contributed by atoms with Crippen molar-refractivity contribution in [2.75, 3.05) is 26.1 Å². The Balaban J connectivity index is 2.63. The molecular weight excluding hydrogens is 236 g/mol. The molecule has 0 bridgehead atoms. The van der Waals surface area contributed by atoms with E-state index in [2.05, 4.69) is 37.0 Å². The van der Waals surface area contributed by atoms with Gasteiger partial charge in [0.15, 0.2) is 0 Å². The number of aromatic nitrogens is 1. The molecule has 0 aliphatic carbocycles. The summed E-state index contributed by atoms with van der Waals surface area (Å²) in [4.78, 5) is 6.50. The van der Waals surface area contributed by atoms with E-state index in [9.17, 15) is 0 Å². The van der Waals surface area contributed by atoms with Crippen molar-refractivity contribution in [3.05, 3.63) is 41.6 Å². The number of methoxy groups -OCH3 is 1. The number of benzene rings is 1. The van der Waals surface area contributed by atoms with Crippen LogP contribution in [0.15, 0.2) is 30.5 Å². The Labute approximate surface area is 114 Å². The van der Waals surface area contributed by atoms with Gasteiger partial charge < -0.3 is 9.64 Å². The van der Waals surface area contributed by atoms with E-state index in [-0.39, 0.29) is 0 Å². The topological polar surface area (TPSA) is 25.4 Å². The predicted molar refractivity (Wildman–Crippen MR) is 80.0 cm³/mol.